The number of halogens is 2. The Bertz CT molecular complexity index is 605. The third kappa shape index (κ3) is 12.7. The van der Waals surface area contributed by atoms with Gasteiger partial charge < -0.3 is 0 Å². The highest BCUT2D eigenvalue weighted by molar-refractivity contribution is 7.99. The van der Waals surface area contributed by atoms with Crippen molar-refractivity contribution < 1.29 is 9.59 Å². The SMILES string of the molecule is CCCCCCCCCCCCCCCCSc1cc(C(=O)Cl)ccc1C(=O)Cl. The number of unbranched alkanes of at least 4 members (excludes halogenated alkanes) is 13. The smallest absolute Gasteiger partial charge is 0.253 e. The quantitative estimate of drug-likeness (QED) is 0.125. The second kappa shape index (κ2) is 17.2. The fourth-order valence-corrected chi connectivity index (χ4v) is 4.84. The average Bonchev–Trinajstić information content (AvgIpc) is 2.70. The van der Waals surface area contributed by atoms with Crippen LogP contribution in [0.1, 0.15) is 118 Å². The lowest BCUT2D eigenvalue weighted by molar-refractivity contribution is 0.106. The van der Waals surface area contributed by atoms with Gasteiger partial charge in [-0.2, -0.15) is 0 Å². The molecule has 29 heavy (non-hydrogen) atoms. The molecule has 0 spiro atoms. The van der Waals surface area contributed by atoms with Crippen LogP contribution in [-0.4, -0.2) is 16.2 Å². The van der Waals surface area contributed by atoms with E-state index in [0.29, 0.717) is 11.1 Å². The maximum atomic E-state index is 11.5. The molecule has 0 fully saturated rings. The minimum absolute atomic E-state index is 0.400. The topological polar surface area (TPSA) is 34.1 Å². The van der Waals surface area contributed by atoms with Crippen LogP contribution in [0.15, 0.2) is 23.1 Å². The summed E-state index contributed by atoms with van der Waals surface area (Å²) < 4.78 is 0. The minimum atomic E-state index is -0.517. The van der Waals surface area contributed by atoms with Gasteiger partial charge in [-0.1, -0.05) is 90.4 Å². The lowest BCUT2D eigenvalue weighted by Gasteiger charge is -2.07. The van der Waals surface area contributed by atoms with Crippen molar-refractivity contribution in [3.63, 3.8) is 0 Å². The van der Waals surface area contributed by atoms with Crippen molar-refractivity contribution in [3.8, 4) is 0 Å². The van der Waals surface area contributed by atoms with Gasteiger partial charge in [0.05, 0.1) is 0 Å². The predicted molar refractivity (Wildman–Crippen MR) is 128 cm³/mol. The van der Waals surface area contributed by atoms with Crippen LogP contribution in [0.5, 0.6) is 0 Å². The molecule has 0 saturated carbocycles. The number of thioether (sulfide) groups is 1. The summed E-state index contributed by atoms with van der Waals surface area (Å²) >= 11 is 12.8. The third-order valence-corrected chi connectivity index (χ3v) is 6.74. The van der Waals surface area contributed by atoms with E-state index in [-0.39, 0.29) is 0 Å². The first-order valence-electron chi connectivity index (χ1n) is 11.2. The first-order chi connectivity index (χ1) is 14.1. The van der Waals surface area contributed by atoms with E-state index >= 15 is 0 Å². The highest BCUT2D eigenvalue weighted by Gasteiger charge is 2.12. The van der Waals surface area contributed by atoms with E-state index in [1.165, 1.54) is 83.5 Å². The first kappa shape index (κ1) is 26.5. The third-order valence-electron chi connectivity index (χ3n) is 5.18. The van der Waals surface area contributed by atoms with E-state index in [4.69, 9.17) is 23.2 Å². The van der Waals surface area contributed by atoms with E-state index in [9.17, 15) is 9.59 Å². The molecule has 2 nitrogen and oxygen atoms in total. The predicted octanol–water partition coefficient (Wildman–Crippen LogP) is 9.02. The molecule has 0 aliphatic rings. The first-order valence-corrected chi connectivity index (χ1v) is 13.0. The van der Waals surface area contributed by atoms with Crippen LogP contribution in [0.3, 0.4) is 0 Å². The Morgan fingerprint density at radius 2 is 1.21 bits per heavy atom. The molecule has 0 N–H and O–H groups in total. The summed E-state index contributed by atoms with van der Waals surface area (Å²) in [5.74, 6) is 0.912. The molecule has 0 atom stereocenters. The van der Waals surface area contributed by atoms with Crippen LogP contribution in [0.25, 0.3) is 0 Å². The van der Waals surface area contributed by atoms with Gasteiger partial charge in [-0.05, 0) is 53.6 Å². The van der Waals surface area contributed by atoms with Crippen molar-refractivity contribution in [2.24, 2.45) is 0 Å². The lowest BCUT2D eigenvalue weighted by atomic mass is 10.0. The zero-order valence-electron chi connectivity index (χ0n) is 17.8. The van der Waals surface area contributed by atoms with Gasteiger partial charge in [0.15, 0.2) is 0 Å². The molecule has 0 radical (unpaired) electrons. The number of benzene rings is 1. The Kier molecular flexibility index (Phi) is 15.7. The summed E-state index contributed by atoms with van der Waals surface area (Å²) in [6.45, 7) is 2.27. The minimum Gasteiger partial charge on any atom is -0.276 e. The van der Waals surface area contributed by atoms with E-state index in [0.717, 1.165) is 17.1 Å². The largest absolute Gasteiger partial charge is 0.276 e. The molecule has 0 aromatic heterocycles. The van der Waals surface area contributed by atoms with Crippen LogP contribution in [0, 0.1) is 0 Å². The Morgan fingerprint density at radius 1 is 0.724 bits per heavy atom. The molecular formula is C24H36Cl2O2S. The molecule has 0 bridgehead atoms. The molecule has 0 saturated heterocycles. The maximum Gasteiger partial charge on any atom is 0.253 e. The Morgan fingerprint density at radius 3 is 1.66 bits per heavy atom. The van der Waals surface area contributed by atoms with Crippen molar-refractivity contribution >= 4 is 45.4 Å². The molecule has 0 unspecified atom stereocenters. The average molecular weight is 460 g/mol. The molecule has 0 amide bonds. The van der Waals surface area contributed by atoms with Crippen LogP contribution in [0.2, 0.25) is 0 Å². The van der Waals surface area contributed by atoms with Gasteiger partial charge in [0.2, 0.25) is 0 Å². The summed E-state index contributed by atoms with van der Waals surface area (Å²) in [5, 5.41) is -1.01. The van der Waals surface area contributed by atoms with Gasteiger partial charge >= 0.3 is 0 Å². The zero-order chi connectivity index (χ0) is 21.3. The van der Waals surface area contributed by atoms with Gasteiger partial charge in [0.25, 0.3) is 10.5 Å². The van der Waals surface area contributed by atoms with Crippen LogP contribution in [0.4, 0.5) is 0 Å². The number of carbonyl (C=O) groups is 2. The zero-order valence-corrected chi connectivity index (χ0v) is 20.1. The summed E-state index contributed by atoms with van der Waals surface area (Å²) in [5.41, 5.74) is 0.848. The molecule has 164 valence electrons. The van der Waals surface area contributed by atoms with E-state index in [1.807, 2.05) is 0 Å². The van der Waals surface area contributed by atoms with Gasteiger partial charge in [-0.25, -0.2) is 0 Å². The van der Waals surface area contributed by atoms with Crippen LogP contribution in [-0.2, 0) is 0 Å². The van der Waals surface area contributed by atoms with Crippen LogP contribution >= 0.6 is 35.0 Å². The summed E-state index contributed by atoms with van der Waals surface area (Å²) in [6, 6.07) is 4.79. The van der Waals surface area contributed by atoms with E-state index < -0.39 is 10.5 Å². The molecule has 0 heterocycles. The summed E-state index contributed by atoms with van der Waals surface area (Å²) in [6.07, 6.45) is 18.7. The van der Waals surface area contributed by atoms with Crippen molar-refractivity contribution in [2.45, 2.75) is 102 Å². The molecule has 5 heteroatoms. The highest BCUT2D eigenvalue weighted by atomic mass is 35.5. The summed E-state index contributed by atoms with van der Waals surface area (Å²) in [4.78, 5) is 23.6. The second-order valence-electron chi connectivity index (χ2n) is 7.70. The Hall–Kier alpha value is -0.510. The van der Waals surface area contributed by atoms with Gasteiger partial charge in [0, 0.05) is 16.0 Å². The van der Waals surface area contributed by atoms with Crippen molar-refractivity contribution in [1.82, 2.24) is 0 Å². The fraction of sp³-hybridized carbons (Fsp3) is 0.667. The molecular weight excluding hydrogens is 423 g/mol. The number of carbonyl (C=O) groups excluding carboxylic acids is 2. The maximum absolute atomic E-state index is 11.5. The molecule has 1 aromatic carbocycles. The van der Waals surface area contributed by atoms with Crippen molar-refractivity contribution in [3.05, 3.63) is 29.3 Å². The Labute approximate surface area is 191 Å². The number of hydrogen-bond acceptors (Lipinski definition) is 3. The van der Waals surface area contributed by atoms with E-state index in [1.54, 1.807) is 30.0 Å². The summed E-state index contributed by atoms with van der Waals surface area (Å²) in [7, 11) is 0. The van der Waals surface area contributed by atoms with Crippen molar-refractivity contribution in [2.75, 3.05) is 5.75 Å². The number of hydrogen-bond donors (Lipinski definition) is 0. The Balaban J connectivity index is 2.05. The van der Waals surface area contributed by atoms with Gasteiger partial charge in [0.1, 0.15) is 0 Å². The number of rotatable bonds is 18. The molecule has 0 aliphatic carbocycles. The molecule has 1 rings (SSSR count). The lowest BCUT2D eigenvalue weighted by Crippen LogP contribution is -1.97. The standard InChI is InChI=1S/C24H36Cl2O2S/c1-2-3-4-5-6-7-8-9-10-11-12-13-14-15-18-29-22-19-20(23(25)27)16-17-21(22)24(26)28/h16-17,19H,2-15,18H2,1H3. The monoisotopic (exact) mass is 458 g/mol. The van der Waals surface area contributed by atoms with Crippen LogP contribution < -0.4 is 0 Å². The van der Waals surface area contributed by atoms with Crippen molar-refractivity contribution in [1.29, 1.82) is 0 Å². The second-order valence-corrected chi connectivity index (χ2v) is 9.53. The normalized spacial score (nSPS) is 11.0. The molecule has 1 aromatic rings. The van der Waals surface area contributed by atoms with Gasteiger partial charge in [-0.3, -0.25) is 9.59 Å². The molecule has 0 aliphatic heterocycles. The fourth-order valence-electron chi connectivity index (χ4n) is 3.41. The van der Waals surface area contributed by atoms with Gasteiger partial charge in [-0.15, -0.1) is 11.8 Å². The van der Waals surface area contributed by atoms with E-state index in [2.05, 4.69) is 6.92 Å². The highest BCUT2D eigenvalue weighted by Crippen LogP contribution is 2.27.